The van der Waals surface area contributed by atoms with E-state index < -0.39 is 10.0 Å². The molecular weight excluding hydrogens is 346 g/mol. The Labute approximate surface area is 147 Å². The fourth-order valence-electron chi connectivity index (χ4n) is 2.66. The van der Waals surface area contributed by atoms with Crippen LogP contribution in [0, 0.1) is 0 Å². The molecule has 138 valence electrons. The second-order valence-corrected chi connectivity index (χ2v) is 7.69. The van der Waals surface area contributed by atoms with Crippen LogP contribution in [0.25, 0.3) is 0 Å². The van der Waals surface area contributed by atoms with Crippen molar-refractivity contribution in [3.8, 4) is 5.75 Å². The zero-order valence-corrected chi connectivity index (χ0v) is 15.0. The van der Waals surface area contributed by atoms with Gasteiger partial charge in [0.05, 0.1) is 19.4 Å². The lowest BCUT2D eigenvalue weighted by atomic mass is 10.1. The highest BCUT2D eigenvalue weighted by molar-refractivity contribution is 7.89. The van der Waals surface area contributed by atoms with Gasteiger partial charge in [-0.25, -0.2) is 13.6 Å². The van der Waals surface area contributed by atoms with Crippen LogP contribution in [0.2, 0.25) is 0 Å². The van der Waals surface area contributed by atoms with Crippen molar-refractivity contribution in [1.82, 2.24) is 9.80 Å². The van der Waals surface area contributed by atoms with Gasteiger partial charge in [0.25, 0.3) is 0 Å². The van der Waals surface area contributed by atoms with E-state index in [0.717, 1.165) is 11.3 Å². The maximum atomic E-state index is 12.3. The first-order valence-corrected chi connectivity index (χ1v) is 9.69. The number of hydrogen-bond acceptors (Lipinski definition) is 5. The van der Waals surface area contributed by atoms with E-state index in [2.05, 4.69) is 0 Å². The fraction of sp³-hybridized carbons (Fsp3) is 0.500. The lowest BCUT2D eigenvalue weighted by molar-refractivity contribution is -0.145. The minimum atomic E-state index is -3.57. The summed E-state index contributed by atoms with van der Waals surface area (Å²) in [5, 5.41) is 4.91. The number of amides is 2. The number of benzene rings is 1. The maximum absolute atomic E-state index is 12.3. The Balaban J connectivity index is 1.85. The number of nitrogens with zero attached hydrogens (tertiary/aromatic N) is 2. The van der Waals surface area contributed by atoms with Gasteiger partial charge in [-0.1, -0.05) is 12.1 Å². The number of carbonyl (C=O) groups excluding carboxylic acids is 2. The second kappa shape index (κ2) is 8.30. The SMILES string of the molecule is COc1cccc(CN2CCN(C(=O)CCCS(N)(=O)=O)CC2=O)c1. The van der Waals surface area contributed by atoms with Crippen LogP contribution in [0.4, 0.5) is 0 Å². The molecule has 0 unspecified atom stereocenters. The van der Waals surface area contributed by atoms with Crippen LogP contribution in [0.3, 0.4) is 0 Å². The van der Waals surface area contributed by atoms with Crippen LogP contribution in [-0.2, 0) is 26.2 Å². The molecule has 9 heteroatoms. The average molecular weight is 369 g/mol. The van der Waals surface area contributed by atoms with E-state index in [1.807, 2.05) is 24.3 Å². The highest BCUT2D eigenvalue weighted by atomic mass is 32.2. The third-order valence-electron chi connectivity index (χ3n) is 4.00. The van der Waals surface area contributed by atoms with Gasteiger partial charge in [0.15, 0.2) is 0 Å². The summed E-state index contributed by atoms with van der Waals surface area (Å²) in [6.07, 6.45) is 0.232. The summed E-state index contributed by atoms with van der Waals surface area (Å²) in [5.74, 6) is 0.142. The van der Waals surface area contributed by atoms with Crippen molar-refractivity contribution in [2.45, 2.75) is 19.4 Å². The Hall–Kier alpha value is -2.13. The van der Waals surface area contributed by atoms with Gasteiger partial charge in [-0.15, -0.1) is 0 Å². The summed E-state index contributed by atoms with van der Waals surface area (Å²) in [6.45, 7) is 1.35. The first-order chi connectivity index (χ1) is 11.8. The molecule has 0 atom stereocenters. The summed E-state index contributed by atoms with van der Waals surface area (Å²) in [6, 6.07) is 7.49. The van der Waals surface area contributed by atoms with Gasteiger partial charge in [-0.05, 0) is 24.1 Å². The van der Waals surface area contributed by atoms with Gasteiger partial charge in [0.2, 0.25) is 21.8 Å². The molecule has 0 aromatic heterocycles. The molecule has 1 fully saturated rings. The molecule has 0 aliphatic carbocycles. The van der Waals surface area contributed by atoms with Gasteiger partial charge in [-0.2, -0.15) is 0 Å². The van der Waals surface area contributed by atoms with Crippen LogP contribution >= 0.6 is 0 Å². The monoisotopic (exact) mass is 369 g/mol. The van der Waals surface area contributed by atoms with Crippen LogP contribution in [0.1, 0.15) is 18.4 Å². The van der Waals surface area contributed by atoms with Crippen molar-refractivity contribution in [3.63, 3.8) is 0 Å². The molecule has 0 spiro atoms. The number of methoxy groups -OCH3 is 1. The summed E-state index contributed by atoms with van der Waals surface area (Å²) < 4.78 is 26.9. The van der Waals surface area contributed by atoms with Gasteiger partial charge < -0.3 is 14.5 Å². The quantitative estimate of drug-likeness (QED) is 0.724. The first kappa shape index (κ1) is 19.2. The van der Waals surface area contributed by atoms with Crippen LogP contribution in [0.5, 0.6) is 5.75 Å². The van der Waals surface area contributed by atoms with Gasteiger partial charge in [0.1, 0.15) is 5.75 Å². The Morgan fingerprint density at radius 2 is 2.08 bits per heavy atom. The van der Waals surface area contributed by atoms with E-state index in [9.17, 15) is 18.0 Å². The molecule has 2 amide bonds. The van der Waals surface area contributed by atoms with Crippen molar-refractivity contribution in [2.75, 3.05) is 32.5 Å². The topological polar surface area (TPSA) is 110 Å². The second-order valence-electron chi connectivity index (χ2n) is 5.95. The molecule has 8 nitrogen and oxygen atoms in total. The Morgan fingerprint density at radius 1 is 1.32 bits per heavy atom. The van der Waals surface area contributed by atoms with Crippen molar-refractivity contribution in [3.05, 3.63) is 29.8 Å². The Morgan fingerprint density at radius 3 is 2.72 bits per heavy atom. The number of rotatable bonds is 7. The summed E-state index contributed by atoms with van der Waals surface area (Å²) in [5.41, 5.74) is 0.959. The molecule has 1 aromatic rings. The number of carbonyl (C=O) groups is 2. The highest BCUT2D eigenvalue weighted by Crippen LogP contribution is 2.16. The predicted molar refractivity (Wildman–Crippen MR) is 92.2 cm³/mol. The molecule has 0 radical (unpaired) electrons. The third-order valence-corrected chi connectivity index (χ3v) is 4.86. The minimum Gasteiger partial charge on any atom is -0.497 e. The normalized spacial score (nSPS) is 15.4. The standard InChI is InChI=1S/C16H23N3O5S/c1-24-14-5-2-4-13(10-14)11-18-7-8-19(12-16(18)21)15(20)6-3-9-25(17,22)23/h2,4-5,10H,3,6-9,11-12H2,1H3,(H2,17,22,23). The van der Waals surface area contributed by atoms with Crippen molar-refractivity contribution < 1.29 is 22.7 Å². The van der Waals surface area contributed by atoms with Crippen LogP contribution in [0.15, 0.2) is 24.3 Å². The molecule has 0 bridgehead atoms. The third kappa shape index (κ3) is 6.02. The van der Waals surface area contributed by atoms with Gasteiger partial charge >= 0.3 is 0 Å². The summed E-state index contributed by atoms with van der Waals surface area (Å²) in [4.78, 5) is 27.5. The zero-order valence-electron chi connectivity index (χ0n) is 14.2. The fourth-order valence-corrected chi connectivity index (χ4v) is 3.21. The lowest BCUT2D eigenvalue weighted by Gasteiger charge is -2.34. The number of piperazine rings is 1. The largest absolute Gasteiger partial charge is 0.497 e. The predicted octanol–water partition coefficient (Wildman–Crippen LogP) is -0.0653. The minimum absolute atomic E-state index is 0.0121. The number of ether oxygens (including phenoxy) is 1. The first-order valence-electron chi connectivity index (χ1n) is 7.97. The molecule has 1 aliphatic rings. The van der Waals surface area contributed by atoms with E-state index in [1.165, 1.54) is 4.90 Å². The van der Waals surface area contributed by atoms with E-state index in [4.69, 9.17) is 9.88 Å². The number of primary sulfonamides is 1. The molecule has 25 heavy (non-hydrogen) atoms. The average Bonchev–Trinajstić information content (AvgIpc) is 2.55. The van der Waals surface area contributed by atoms with Crippen molar-refractivity contribution in [2.24, 2.45) is 5.14 Å². The molecule has 2 rings (SSSR count). The Bertz CT molecular complexity index is 735. The van der Waals surface area contributed by atoms with E-state index in [0.29, 0.717) is 19.6 Å². The zero-order chi connectivity index (χ0) is 18.4. The smallest absolute Gasteiger partial charge is 0.242 e. The van der Waals surface area contributed by atoms with Crippen molar-refractivity contribution in [1.29, 1.82) is 0 Å². The van der Waals surface area contributed by atoms with Gasteiger partial charge in [0, 0.05) is 26.1 Å². The molecule has 0 saturated carbocycles. The van der Waals surface area contributed by atoms with E-state index in [1.54, 1.807) is 12.0 Å². The molecule has 1 saturated heterocycles. The number of nitrogens with two attached hydrogens (primary N) is 1. The summed E-state index contributed by atoms with van der Waals surface area (Å²) in [7, 11) is -1.98. The molecular formula is C16H23N3O5S. The maximum Gasteiger partial charge on any atom is 0.242 e. The number of hydrogen-bond donors (Lipinski definition) is 1. The van der Waals surface area contributed by atoms with Gasteiger partial charge in [-0.3, -0.25) is 9.59 Å². The molecule has 1 aromatic carbocycles. The van der Waals surface area contributed by atoms with Crippen LogP contribution in [-0.4, -0.2) is 62.5 Å². The lowest BCUT2D eigenvalue weighted by Crippen LogP contribution is -2.51. The Kier molecular flexibility index (Phi) is 6.38. The van der Waals surface area contributed by atoms with E-state index in [-0.39, 0.29) is 37.0 Å². The van der Waals surface area contributed by atoms with E-state index >= 15 is 0 Å². The highest BCUT2D eigenvalue weighted by Gasteiger charge is 2.27. The number of sulfonamides is 1. The van der Waals surface area contributed by atoms with Crippen molar-refractivity contribution >= 4 is 21.8 Å². The van der Waals surface area contributed by atoms with Crippen LogP contribution < -0.4 is 9.88 Å². The molecule has 2 N–H and O–H groups in total. The molecule has 1 heterocycles. The summed E-state index contributed by atoms with van der Waals surface area (Å²) >= 11 is 0. The molecule has 1 aliphatic heterocycles.